The summed E-state index contributed by atoms with van der Waals surface area (Å²) >= 11 is 0. The van der Waals surface area contributed by atoms with E-state index in [2.05, 4.69) is 0 Å². The van der Waals surface area contributed by atoms with Gasteiger partial charge in [-0.1, -0.05) is 19.3 Å². The highest BCUT2D eigenvalue weighted by atomic mass is 19.1. The maximum Gasteiger partial charge on any atom is 0.126 e. The van der Waals surface area contributed by atoms with Crippen LogP contribution in [0.25, 0.3) is 0 Å². The van der Waals surface area contributed by atoms with Crippen LogP contribution in [0.2, 0.25) is 0 Å². The fraction of sp³-hybridized carbons (Fsp3) is 0.571. The standard InChI is InChI=1S/C14H18F2O/c15-12-5-6-14(16)11(9-12)7-10-3-1-2-4-13(17)8-10/h5-6,9-10,13,17H,1-4,7-8H2. The lowest BCUT2D eigenvalue weighted by molar-refractivity contribution is 0.141. The van der Waals surface area contributed by atoms with Crippen molar-refractivity contribution in [3.63, 3.8) is 0 Å². The van der Waals surface area contributed by atoms with Gasteiger partial charge in [-0.25, -0.2) is 8.78 Å². The summed E-state index contributed by atoms with van der Waals surface area (Å²) < 4.78 is 26.5. The highest BCUT2D eigenvalue weighted by Crippen LogP contribution is 2.27. The van der Waals surface area contributed by atoms with Gasteiger partial charge in [-0.05, 0) is 48.9 Å². The van der Waals surface area contributed by atoms with Gasteiger partial charge >= 0.3 is 0 Å². The smallest absolute Gasteiger partial charge is 0.126 e. The molecule has 1 aliphatic carbocycles. The van der Waals surface area contributed by atoms with Crippen LogP contribution in [0.3, 0.4) is 0 Å². The van der Waals surface area contributed by atoms with Crippen LogP contribution in [0.4, 0.5) is 8.78 Å². The van der Waals surface area contributed by atoms with Crippen LogP contribution in [0, 0.1) is 17.6 Å². The van der Waals surface area contributed by atoms with Crippen molar-refractivity contribution in [2.75, 3.05) is 0 Å². The number of aliphatic hydroxyl groups is 1. The summed E-state index contributed by atoms with van der Waals surface area (Å²) in [5, 5.41) is 9.69. The van der Waals surface area contributed by atoms with Gasteiger partial charge in [-0.2, -0.15) is 0 Å². The van der Waals surface area contributed by atoms with Crippen molar-refractivity contribution in [3.05, 3.63) is 35.4 Å². The Hall–Kier alpha value is -0.960. The molecule has 0 aliphatic heterocycles. The maximum atomic E-state index is 13.5. The second-order valence-corrected chi connectivity index (χ2v) is 4.98. The normalized spacial score (nSPS) is 25.6. The summed E-state index contributed by atoms with van der Waals surface area (Å²) in [6.07, 6.45) is 4.88. The average Bonchev–Trinajstić information content (AvgIpc) is 2.48. The molecule has 94 valence electrons. The third-order valence-corrected chi connectivity index (χ3v) is 3.52. The van der Waals surface area contributed by atoms with Crippen LogP contribution in [-0.2, 0) is 6.42 Å². The molecule has 1 aliphatic rings. The van der Waals surface area contributed by atoms with Crippen molar-refractivity contribution in [1.29, 1.82) is 0 Å². The molecule has 1 saturated carbocycles. The Morgan fingerprint density at radius 2 is 1.94 bits per heavy atom. The summed E-state index contributed by atoms with van der Waals surface area (Å²) in [4.78, 5) is 0. The molecule has 1 aromatic carbocycles. The number of benzene rings is 1. The lowest BCUT2D eigenvalue weighted by atomic mass is 9.91. The first-order chi connectivity index (χ1) is 8.15. The van der Waals surface area contributed by atoms with Crippen LogP contribution >= 0.6 is 0 Å². The zero-order valence-corrected chi connectivity index (χ0v) is 9.83. The molecule has 0 heterocycles. The predicted octanol–water partition coefficient (Wildman–Crippen LogP) is 3.45. The third kappa shape index (κ3) is 3.50. The number of halogens is 2. The zero-order chi connectivity index (χ0) is 12.3. The topological polar surface area (TPSA) is 20.2 Å². The first-order valence-corrected chi connectivity index (χ1v) is 6.27. The first-order valence-electron chi connectivity index (χ1n) is 6.27. The molecule has 2 rings (SSSR count). The molecular formula is C14H18F2O. The predicted molar refractivity (Wildman–Crippen MR) is 62.6 cm³/mol. The lowest BCUT2D eigenvalue weighted by Crippen LogP contribution is -2.13. The van der Waals surface area contributed by atoms with Gasteiger partial charge in [0.2, 0.25) is 0 Å². The summed E-state index contributed by atoms with van der Waals surface area (Å²) in [5.41, 5.74) is 0.434. The van der Waals surface area contributed by atoms with E-state index in [1.54, 1.807) is 0 Å². The first kappa shape index (κ1) is 12.5. The molecule has 0 bridgehead atoms. The van der Waals surface area contributed by atoms with Gasteiger partial charge in [-0.15, -0.1) is 0 Å². The molecule has 1 aromatic rings. The quantitative estimate of drug-likeness (QED) is 0.785. The molecule has 0 saturated heterocycles. The van der Waals surface area contributed by atoms with E-state index in [0.717, 1.165) is 31.7 Å². The molecule has 0 spiro atoms. The van der Waals surface area contributed by atoms with Gasteiger partial charge in [0.15, 0.2) is 0 Å². The Morgan fingerprint density at radius 3 is 2.76 bits per heavy atom. The number of aliphatic hydroxyl groups excluding tert-OH is 1. The number of rotatable bonds is 2. The molecule has 0 aromatic heterocycles. The summed E-state index contributed by atoms with van der Waals surface area (Å²) in [7, 11) is 0. The molecule has 17 heavy (non-hydrogen) atoms. The molecule has 0 amide bonds. The average molecular weight is 240 g/mol. The van der Waals surface area contributed by atoms with Crippen LogP contribution < -0.4 is 0 Å². The minimum absolute atomic E-state index is 0.267. The van der Waals surface area contributed by atoms with Crippen molar-refractivity contribution < 1.29 is 13.9 Å². The monoisotopic (exact) mass is 240 g/mol. The second kappa shape index (κ2) is 5.58. The van der Waals surface area contributed by atoms with Gasteiger partial charge in [-0.3, -0.25) is 0 Å². The van der Waals surface area contributed by atoms with Gasteiger partial charge < -0.3 is 5.11 Å². The van der Waals surface area contributed by atoms with Crippen LogP contribution in [-0.4, -0.2) is 11.2 Å². The van der Waals surface area contributed by atoms with Gasteiger partial charge in [0, 0.05) is 0 Å². The Labute approximate surface area is 100 Å². The van der Waals surface area contributed by atoms with E-state index >= 15 is 0 Å². The highest BCUT2D eigenvalue weighted by Gasteiger charge is 2.20. The van der Waals surface area contributed by atoms with Crippen molar-refractivity contribution in [3.8, 4) is 0 Å². The third-order valence-electron chi connectivity index (χ3n) is 3.52. The summed E-state index contributed by atoms with van der Waals surface area (Å²) in [5.74, 6) is -0.468. The van der Waals surface area contributed by atoms with Gasteiger partial charge in [0.05, 0.1) is 6.10 Å². The number of hydrogen-bond donors (Lipinski definition) is 1. The lowest BCUT2D eigenvalue weighted by Gasteiger charge is -2.16. The van der Waals surface area contributed by atoms with Gasteiger partial charge in [0.1, 0.15) is 11.6 Å². The van der Waals surface area contributed by atoms with E-state index < -0.39 is 5.82 Å². The van der Waals surface area contributed by atoms with E-state index in [1.165, 1.54) is 12.1 Å². The molecule has 3 heteroatoms. The van der Waals surface area contributed by atoms with Gasteiger partial charge in [0.25, 0.3) is 0 Å². The highest BCUT2D eigenvalue weighted by molar-refractivity contribution is 5.19. The molecular weight excluding hydrogens is 222 g/mol. The Bertz CT molecular complexity index is 378. The zero-order valence-electron chi connectivity index (χ0n) is 9.83. The molecule has 1 N–H and O–H groups in total. The van der Waals surface area contributed by atoms with E-state index in [-0.39, 0.29) is 17.8 Å². The maximum absolute atomic E-state index is 13.5. The Kier molecular flexibility index (Phi) is 4.11. The van der Waals surface area contributed by atoms with Crippen LogP contribution in [0.15, 0.2) is 18.2 Å². The van der Waals surface area contributed by atoms with Crippen molar-refractivity contribution in [2.45, 2.75) is 44.6 Å². The molecule has 1 fully saturated rings. The van der Waals surface area contributed by atoms with Crippen molar-refractivity contribution >= 4 is 0 Å². The number of hydrogen-bond acceptors (Lipinski definition) is 1. The fourth-order valence-corrected chi connectivity index (χ4v) is 2.63. The minimum atomic E-state index is -0.393. The van der Waals surface area contributed by atoms with E-state index in [9.17, 15) is 13.9 Å². The molecule has 1 nitrogen and oxygen atoms in total. The van der Waals surface area contributed by atoms with Crippen molar-refractivity contribution in [2.24, 2.45) is 5.92 Å². The van der Waals surface area contributed by atoms with Crippen molar-refractivity contribution in [1.82, 2.24) is 0 Å². The minimum Gasteiger partial charge on any atom is -0.393 e. The Balaban J connectivity index is 2.06. The molecule has 0 radical (unpaired) electrons. The Morgan fingerprint density at radius 1 is 1.18 bits per heavy atom. The van der Waals surface area contributed by atoms with E-state index in [4.69, 9.17) is 0 Å². The van der Waals surface area contributed by atoms with E-state index in [0.29, 0.717) is 18.4 Å². The largest absolute Gasteiger partial charge is 0.393 e. The molecule has 2 atom stereocenters. The van der Waals surface area contributed by atoms with Crippen LogP contribution in [0.5, 0.6) is 0 Å². The SMILES string of the molecule is OC1CCCCC(Cc2cc(F)ccc2F)C1. The van der Waals surface area contributed by atoms with E-state index in [1.807, 2.05) is 0 Å². The summed E-state index contributed by atoms with van der Waals surface area (Å²) in [6.45, 7) is 0. The van der Waals surface area contributed by atoms with Crippen LogP contribution in [0.1, 0.15) is 37.7 Å². The summed E-state index contributed by atoms with van der Waals surface area (Å²) in [6, 6.07) is 3.59. The second-order valence-electron chi connectivity index (χ2n) is 4.98. The fourth-order valence-electron chi connectivity index (χ4n) is 2.63. The molecule has 2 unspecified atom stereocenters.